The van der Waals surface area contributed by atoms with Crippen molar-refractivity contribution in [1.29, 1.82) is 0 Å². The fourth-order valence-electron chi connectivity index (χ4n) is 2.05. The molecule has 7 nitrogen and oxygen atoms in total. The third kappa shape index (κ3) is 3.95. The van der Waals surface area contributed by atoms with Gasteiger partial charge in [-0.05, 0) is 30.7 Å². The number of rotatable bonds is 7. The molecule has 0 aliphatic heterocycles. The fraction of sp³-hybridized carbons (Fsp3) is 0.375. The molecule has 0 bridgehead atoms. The molecule has 24 heavy (non-hydrogen) atoms. The summed E-state index contributed by atoms with van der Waals surface area (Å²) in [7, 11) is 0. The summed E-state index contributed by atoms with van der Waals surface area (Å²) in [4.78, 5) is 8.54. The van der Waals surface area contributed by atoms with E-state index in [9.17, 15) is 4.39 Å². The molecule has 0 saturated carbocycles. The zero-order valence-electron chi connectivity index (χ0n) is 13.5. The van der Waals surface area contributed by atoms with Gasteiger partial charge in [0.2, 0.25) is 11.7 Å². The number of nitrogens with zero attached hydrogens (tertiary/aromatic N) is 4. The predicted octanol–water partition coefficient (Wildman–Crippen LogP) is 3.43. The van der Waals surface area contributed by atoms with E-state index in [-0.39, 0.29) is 11.7 Å². The summed E-state index contributed by atoms with van der Waals surface area (Å²) < 4.78 is 23.2. The van der Waals surface area contributed by atoms with Crippen molar-refractivity contribution in [3.63, 3.8) is 0 Å². The minimum atomic E-state index is -0.296. The Morgan fingerprint density at radius 1 is 1.08 bits per heavy atom. The number of aryl methyl sites for hydroxylation is 1. The molecule has 3 rings (SSSR count). The summed E-state index contributed by atoms with van der Waals surface area (Å²) >= 11 is 0. The second-order valence-electron chi connectivity index (χ2n) is 5.66. The van der Waals surface area contributed by atoms with Crippen molar-refractivity contribution in [1.82, 2.24) is 20.3 Å². The van der Waals surface area contributed by atoms with Gasteiger partial charge in [0, 0.05) is 24.4 Å². The lowest BCUT2D eigenvalue weighted by Gasteiger charge is -1.98. The maximum absolute atomic E-state index is 12.9. The first kappa shape index (κ1) is 16.1. The van der Waals surface area contributed by atoms with Crippen molar-refractivity contribution in [2.24, 2.45) is 0 Å². The molecule has 0 aliphatic rings. The zero-order valence-corrected chi connectivity index (χ0v) is 13.5. The summed E-state index contributed by atoms with van der Waals surface area (Å²) in [6.07, 6.45) is 1.39. The van der Waals surface area contributed by atoms with Crippen LogP contribution < -0.4 is 5.32 Å². The number of halogens is 1. The van der Waals surface area contributed by atoms with Gasteiger partial charge in [0.15, 0.2) is 5.82 Å². The van der Waals surface area contributed by atoms with E-state index in [2.05, 4.69) is 25.6 Å². The molecule has 0 amide bonds. The number of benzene rings is 1. The molecule has 0 unspecified atom stereocenters. The maximum atomic E-state index is 12.9. The molecule has 126 valence electrons. The van der Waals surface area contributed by atoms with E-state index in [0.29, 0.717) is 36.5 Å². The maximum Gasteiger partial charge on any atom is 0.321 e. The largest absolute Gasteiger partial charge is 0.339 e. The van der Waals surface area contributed by atoms with Crippen molar-refractivity contribution in [2.45, 2.75) is 32.6 Å². The van der Waals surface area contributed by atoms with Crippen LogP contribution >= 0.6 is 0 Å². The molecule has 2 aromatic heterocycles. The molecule has 0 aliphatic carbocycles. The van der Waals surface area contributed by atoms with Crippen LogP contribution in [-0.4, -0.2) is 26.8 Å². The predicted molar refractivity (Wildman–Crippen MR) is 84.9 cm³/mol. The fourth-order valence-corrected chi connectivity index (χ4v) is 2.05. The smallest absolute Gasteiger partial charge is 0.321 e. The van der Waals surface area contributed by atoms with Crippen LogP contribution in [0.25, 0.3) is 11.4 Å². The lowest BCUT2D eigenvalue weighted by atomic mass is 10.2. The van der Waals surface area contributed by atoms with Crippen LogP contribution in [0, 0.1) is 5.82 Å². The minimum Gasteiger partial charge on any atom is -0.339 e. The van der Waals surface area contributed by atoms with Gasteiger partial charge in [-0.25, -0.2) is 4.39 Å². The molecular formula is C16H18FN5O2. The van der Waals surface area contributed by atoms with Crippen LogP contribution in [0.15, 0.2) is 33.3 Å². The summed E-state index contributed by atoms with van der Waals surface area (Å²) in [6.45, 7) is 4.65. The first-order valence-corrected chi connectivity index (χ1v) is 7.78. The van der Waals surface area contributed by atoms with Crippen molar-refractivity contribution >= 4 is 6.01 Å². The van der Waals surface area contributed by atoms with Crippen LogP contribution in [0.1, 0.15) is 37.9 Å². The molecule has 0 fully saturated rings. The standard InChI is InChI=1S/C16H18FN5O2/c1-10(2)14-20-16(24-21-14)18-9-3-4-13-19-15(22-23-13)11-5-7-12(17)8-6-11/h5-8,10H,3-4,9H2,1-2H3,(H,18,20,21). The summed E-state index contributed by atoms with van der Waals surface area (Å²) in [6, 6.07) is 6.38. The van der Waals surface area contributed by atoms with Crippen LogP contribution in [-0.2, 0) is 6.42 Å². The third-order valence-corrected chi connectivity index (χ3v) is 3.37. The summed E-state index contributed by atoms with van der Waals surface area (Å²) in [5.41, 5.74) is 0.719. The normalized spacial score (nSPS) is 11.2. The quantitative estimate of drug-likeness (QED) is 0.663. The summed E-state index contributed by atoms with van der Waals surface area (Å²) in [5.74, 6) is 1.60. The zero-order chi connectivity index (χ0) is 16.9. The number of hydrogen-bond donors (Lipinski definition) is 1. The molecule has 0 spiro atoms. The second kappa shape index (κ2) is 7.20. The molecule has 0 radical (unpaired) electrons. The lowest BCUT2D eigenvalue weighted by molar-refractivity contribution is 0.376. The van der Waals surface area contributed by atoms with Gasteiger partial charge in [0.1, 0.15) is 5.82 Å². The van der Waals surface area contributed by atoms with Crippen LogP contribution in [0.2, 0.25) is 0 Å². The van der Waals surface area contributed by atoms with Crippen molar-refractivity contribution in [3.05, 3.63) is 41.8 Å². The van der Waals surface area contributed by atoms with E-state index in [1.165, 1.54) is 12.1 Å². The molecular weight excluding hydrogens is 313 g/mol. The molecule has 0 atom stereocenters. The molecule has 3 aromatic rings. The lowest BCUT2D eigenvalue weighted by Crippen LogP contribution is -2.03. The first-order chi connectivity index (χ1) is 11.6. The Hall–Kier alpha value is -2.77. The monoisotopic (exact) mass is 331 g/mol. The molecule has 8 heteroatoms. The average Bonchev–Trinajstić information content (AvgIpc) is 3.22. The van der Waals surface area contributed by atoms with Crippen LogP contribution in [0.3, 0.4) is 0 Å². The molecule has 1 aromatic carbocycles. The number of aromatic nitrogens is 4. The van der Waals surface area contributed by atoms with E-state index in [1.807, 2.05) is 13.8 Å². The Kier molecular flexibility index (Phi) is 4.83. The van der Waals surface area contributed by atoms with Gasteiger partial charge in [-0.3, -0.25) is 0 Å². The highest BCUT2D eigenvalue weighted by molar-refractivity contribution is 5.53. The van der Waals surface area contributed by atoms with Crippen molar-refractivity contribution in [2.75, 3.05) is 11.9 Å². The van der Waals surface area contributed by atoms with Gasteiger partial charge >= 0.3 is 6.01 Å². The molecule has 1 N–H and O–H groups in total. The highest BCUT2D eigenvalue weighted by atomic mass is 19.1. The highest BCUT2D eigenvalue weighted by Crippen LogP contribution is 2.17. The van der Waals surface area contributed by atoms with Gasteiger partial charge in [-0.2, -0.15) is 9.97 Å². The van der Waals surface area contributed by atoms with Crippen molar-refractivity contribution < 1.29 is 13.4 Å². The Morgan fingerprint density at radius 3 is 2.58 bits per heavy atom. The topological polar surface area (TPSA) is 89.9 Å². The average molecular weight is 331 g/mol. The number of nitrogens with one attached hydrogen (secondary N) is 1. The van der Waals surface area contributed by atoms with Gasteiger partial charge in [-0.15, -0.1) is 0 Å². The Balaban J connectivity index is 1.48. The Labute approximate surface area is 138 Å². The first-order valence-electron chi connectivity index (χ1n) is 7.78. The second-order valence-corrected chi connectivity index (χ2v) is 5.66. The van der Waals surface area contributed by atoms with E-state index in [4.69, 9.17) is 9.05 Å². The van der Waals surface area contributed by atoms with Gasteiger partial charge in [0.05, 0.1) is 0 Å². The molecule has 2 heterocycles. The van der Waals surface area contributed by atoms with E-state index in [0.717, 1.165) is 12.0 Å². The van der Waals surface area contributed by atoms with Gasteiger partial charge in [0.25, 0.3) is 0 Å². The SMILES string of the molecule is CC(C)c1noc(NCCCc2nc(-c3ccc(F)cc3)no2)n1. The number of hydrogen-bond acceptors (Lipinski definition) is 7. The van der Waals surface area contributed by atoms with Crippen LogP contribution in [0.5, 0.6) is 0 Å². The minimum absolute atomic E-state index is 0.229. The van der Waals surface area contributed by atoms with Crippen molar-refractivity contribution in [3.8, 4) is 11.4 Å². The van der Waals surface area contributed by atoms with Crippen LogP contribution in [0.4, 0.5) is 10.4 Å². The van der Waals surface area contributed by atoms with Gasteiger partial charge < -0.3 is 14.4 Å². The highest BCUT2D eigenvalue weighted by Gasteiger charge is 2.10. The van der Waals surface area contributed by atoms with E-state index < -0.39 is 0 Å². The van der Waals surface area contributed by atoms with Gasteiger partial charge in [-0.1, -0.05) is 24.2 Å². The Morgan fingerprint density at radius 2 is 1.88 bits per heavy atom. The third-order valence-electron chi connectivity index (χ3n) is 3.37. The molecule has 0 saturated heterocycles. The number of anilines is 1. The Bertz CT molecular complexity index is 782. The van der Waals surface area contributed by atoms with E-state index in [1.54, 1.807) is 12.1 Å². The van der Waals surface area contributed by atoms with E-state index >= 15 is 0 Å². The summed E-state index contributed by atoms with van der Waals surface area (Å²) in [5, 5.41) is 10.8.